The molecule has 0 heterocycles. The van der Waals surface area contributed by atoms with E-state index in [9.17, 15) is 13.2 Å². The maximum absolute atomic E-state index is 12.3. The number of carbonyl (C=O) groups is 1. The Hall–Kier alpha value is -2.38. The number of ether oxygens (including phenoxy) is 1. The minimum Gasteiger partial charge on any atom is -0.410 e. The molecule has 1 aliphatic carbocycles. The van der Waals surface area contributed by atoms with E-state index in [0.29, 0.717) is 5.75 Å². The largest absolute Gasteiger partial charge is 0.412 e. The number of benzene rings is 2. The Morgan fingerprint density at radius 1 is 1.00 bits per heavy atom. The van der Waals surface area contributed by atoms with E-state index in [4.69, 9.17) is 4.74 Å². The average molecular weight is 417 g/mol. The third-order valence-corrected chi connectivity index (χ3v) is 7.27. The molecule has 0 aliphatic heterocycles. The van der Waals surface area contributed by atoms with Crippen molar-refractivity contribution in [2.45, 2.75) is 50.3 Å². The van der Waals surface area contributed by atoms with Gasteiger partial charge in [0.25, 0.3) is 0 Å². The van der Waals surface area contributed by atoms with Gasteiger partial charge >= 0.3 is 6.09 Å². The van der Waals surface area contributed by atoms with Crippen LogP contribution in [0.15, 0.2) is 48.5 Å². The molecular formula is C22H28N2O4S. The van der Waals surface area contributed by atoms with E-state index in [-0.39, 0.29) is 12.0 Å². The van der Waals surface area contributed by atoms with E-state index >= 15 is 0 Å². The van der Waals surface area contributed by atoms with Gasteiger partial charge in [-0.15, -0.1) is 0 Å². The number of nitrogens with one attached hydrogen (secondary N) is 2. The Balaban J connectivity index is 1.72. The normalized spacial score (nSPS) is 19.3. The fourth-order valence-electron chi connectivity index (χ4n) is 3.64. The summed E-state index contributed by atoms with van der Waals surface area (Å²) < 4.78 is 32.5. The third-order valence-electron chi connectivity index (χ3n) is 5.39. The topological polar surface area (TPSA) is 84.5 Å². The second-order valence-electron chi connectivity index (χ2n) is 7.64. The summed E-state index contributed by atoms with van der Waals surface area (Å²) in [5.41, 5.74) is 3.23. The molecule has 1 saturated carbocycles. The van der Waals surface area contributed by atoms with E-state index in [1.165, 1.54) is 7.05 Å². The van der Waals surface area contributed by atoms with Gasteiger partial charge in [-0.2, -0.15) is 0 Å². The number of hydrogen-bond donors (Lipinski definition) is 2. The number of hydrogen-bond acceptors (Lipinski definition) is 4. The second-order valence-corrected chi connectivity index (χ2v) is 9.91. The van der Waals surface area contributed by atoms with Gasteiger partial charge in [0.15, 0.2) is 0 Å². The first-order valence-electron chi connectivity index (χ1n) is 9.91. The number of rotatable bonds is 6. The lowest BCUT2D eigenvalue weighted by Gasteiger charge is -2.23. The van der Waals surface area contributed by atoms with Crippen LogP contribution < -0.4 is 14.8 Å². The Morgan fingerprint density at radius 3 is 2.14 bits per heavy atom. The summed E-state index contributed by atoms with van der Waals surface area (Å²) >= 11 is 0. The lowest BCUT2D eigenvalue weighted by atomic mass is 9.93. The molecule has 2 atom stereocenters. The summed E-state index contributed by atoms with van der Waals surface area (Å²) in [4.78, 5) is 11.3. The molecular weight excluding hydrogens is 388 g/mol. The number of sulfonamides is 1. The van der Waals surface area contributed by atoms with Gasteiger partial charge in [-0.3, -0.25) is 0 Å². The van der Waals surface area contributed by atoms with E-state index in [1.54, 1.807) is 26.0 Å². The molecule has 0 spiro atoms. The van der Waals surface area contributed by atoms with Crippen LogP contribution in [0.4, 0.5) is 4.79 Å². The van der Waals surface area contributed by atoms with Crippen LogP contribution in [-0.2, 0) is 10.0 Å². The smallest absolute Gasteiger partial charge is 0.410 e. The minimum absolute atomic E-state index is 0.0469. The Labute approximate surface area is 172 Å². The molecule has 0 saturated heterocycles. The minimum atomic E-state index is -3.28. The van der Waals surface area contributed by atoms with Crippen LogP contribution in [0.1, 0.15) is 44.6 Å². The van der Waals surface area contributed by atoms with Crippen LogP contribution in [0.5, 0.6) is 5.75 Å². The van der Waals surface area contributed by atoms with Crippen molar-refractivity contribution in [2.24, 2.45) is 0 Å². The predicted octanol–water partition coefficient (Wildman–Crippen LogP) is 4.04. The Morgan fingerprint density at radius 2 is 1.59 bits per heavy atom. The van der Waals surface area contributed by atoms with Crippen LogP contribution >= 0.6 is 0 Å². The number of carbonyl (C=O) groups excluding carboxylic acids is 1. The van der Waals surface area contributed by atoms with E-state index < -0.39 is 21.4 Å². The van der Waals surface area contributed by atoms with Crippen LogP contribution in [0, 0.1) is 0 Å². The first kappa shape index (κ1) is 21.3. The SMILES string of the molecule is CNC(=O)Oc1ccc(-c2ccc([C@H]3CCC[C@@H]3NS(=O)(=O)C(C)C)cc2)cc1. The van der Waals surface area contributed by atoms with Crippen molar-refractivity contribution in [1.82, 2.24) is 10.0 Å². The van der Waals surface area contributed by atoms with E-state index in [1.807, 2.05) is 12.1 Å². The van der Waals surface area contributed by atoms with Gasteiger partial charge in [0.2, 0.25) is 10.0 Å². The van der Waals surface area contributed by atoms with Crippen molar-refractivity contribution in [3.05, 3.63) is 54.1 Å². The molecule has 1 amide bonds. The zero-order valence-corrected chi connectivity index (χ0v) is 17.8. The molecule has 6 nitrogen and oxygen atoms in total. The third kappa shape index (κ3) is 5.16. The Kier molecular flexibility index (Phi) is 6.59. The molecule has 0 unspecified atom stereocenters. The maximum Gasteiger partial charge on any atom is 0.412 e. The fourth-order valence-corrected chi connectivity index (χ4v) is 4.62. The average Bonchev–Trinajstić information content (AvgIpc) is 3.16. The van der Waals surface area contributed by atoms with E-state index in [0.717, 1.165) is 36.0 Å². The van der Waals surface area contributed by atoms with Crippen molar-refractivity contribution in [3.63, 3.8) is 0 Å². The summed E-state index contributed by atoms with van der Waals surface area (Å²) in [6.07, 6.45) is 2.37. The molecule has 2 aromatic rings. The molecule has 2 aromatic carbocycles. The summed E-state index contributed by atoms with van der Waals surface area (Å²) in [7, 11) is -1.76. The molecule has 1 aliphatic rings. The fraction of sp³-hybridized carbons (Fsp3) is 0.409. The van der Waals surface area contributed by atoms with Crippen molar-refractivity contribution in [1.29, 1.82) is 0 Å². The monoisotopic (exact) mass is 416 g/mol. The predicted molar refractivity (Wildman–Crippen MR) is 115 cm³/mol. The van der Waals surface area contributed by atoms with Crippen LogP contribution in [-0.4, -0.2) is 32.9 Å². The lowest BCUT2D eigenvalue weighted by Crippen LogP contribution is -2.40. The van der Waals surface area contributed by atoms with Crippen molar-refractivity contribution in [2.75, 3.05) is 7.05 Å². The van der Waals surface area contributed by atoms with Gasteiger partial charge in [-0.1, -0.05) is 42.8 Å². The van der Waals surface area contributed by atoms with Crippen molar-refractivity contribution >= 4 is 16.1 Å². The van der Waals surface area contributed by atoms with Gasteiger partial charge in [0, 0.05) is 19.0 Å². The highest BCUT2D eigenvalue weighted by atomic mass is 32.2. The summed E-state index contributed by atoms with van der Waals surface area (Å²) in [5.74, 6) is 0.678. The quantitative estimate of drug-likeness (QED) is 0.744. The van der Waals surface area contributed by atoms with Crippen molar-refractivity contribution < 1.29 is 17.9 Å². The zero-order valence-electron chi connectivity index (χ0n) is 17.0. The molecule has 0 radical (unpaired) electrons. The van der Waals surface area contributed by atoms with Crippen LogP contribution in [0.25, 0.3) is 11.1 Å². The van der Waals surface area contributed by atoms with E-state index in [2.05, 4.69) is 34.3 Å². The van der Waals surface area contributed by atoms with Gasteiger partial charge in [-0.25, -0.2) is 17.9 Å². The van der Waals surface area contributed by atoms with Crippen molar-refractivity contribution in [3.8, 4) is 16.9 Å². The molecule has 1 fully saturated rings. The zero-order chi connectivity index (χ0) is 21.0. The molecule has 3 rings (SSSR count). The highest BCUT2D eigenvalue weighted by molar-refractivity contribution is 7.90. The first-order chi connectivity index (χ1) is 13.8. The first-order valence-corrected chi connectivity index (χ1v) is 11.5. The molecule has 29 heavy (non-hydrogen) atoms. The molecule has 2 N–H and O–H groups in total. The highest BCUT2D eigenvalue weighted by Gasteiger charge is 2.32. The van der Waals surface area contributed by atoms with Gasteiger partial charge < -0.3 is 10.1 Å². The highest BCUT2D eigenvalue weighted by Crippen LogP contribution is 2.36. The maximum atomic E-state index is 12.3. The standard InChI is InChI=1S/C22H28N2O4S/c1-15(2)29(26,27)24-21-6-4-5-20(21)18-9-7-16(8-10-18)17-11-13-19(14-12-17)28-22(25)23-3/h7-15,20-21,24H,4-6H2,1-3H3,(H,23,25)/t20-,21+/m1/s1. The van der Waals surface area contributed by atoms with Crippen LogP contribution in [0.3, 0.4) is 0 Å². The van der Waals surface area contributed by atoms with Gasteiger partial charge in [0.05, 0.1) is 5.25 Å². The molecule has 0 aromatic heterocycles. The van der Waals surface area contributed by atoms with Gasteiger partial charge in [0.1, 0.15) is 5.75 Å². The number of amides is 1. The lowest BCUT2D eigenvalue weighted by molar-refractivity contribution is 0.203. The molecule has 7 heteroatoms. The summed E-state index contributed by atoms with van der Waals surface area (Å²) in [6.45, 7) is 3.40. The Bertz CT molecular complexity index is 938. The summed E-state index contributed by atoms with van der Waals surface area (Å²) in [6, 6.07) is 15.5. The van der Waals surface area contributed by atoms with Gasteiger partial charge in [-0.05, 0) is 55.5 Å². The molecule has 156 valence electrons. The molecule has 0 bridgehead atoms. The summed E-state index contributed by atoms with van der Waals surface area (Å²) in [5, 5.41) is 1.98. The van der Waals surface area contributed by atoms with Crippen LogP contribution in [0.2, 0.25) is 0 Å². The second kappa shape index (κ2) is 8.97.